The van der Waals surface area contributed by atoms with Crippen molar-refractivity contribution >= 4 is 22.9 Å². The predicted octanol–water partition coefficient (Wildman–Crippen LogP) is 5.66. The number of amides is 1. The molecular weight excluding hydrogens is 452 g/mol. The van der Waals surface area contributed by atoms with E-state index in [9.17, 15) is 4.79 Å². The minimum absolute atomic E-state index is 0.218. The molecular formula is C28H24N6O2. The summed E-state index contributed by atoms with van der Waals surface area (Å²) in [7, 11) is 0. The molecule has 1 amide bonds. The molecule has 0 atom stereocenters. The molecule has 0 aliphatic rings. The summed E-state index contributed by atoms with van der Waals surface area (Å²) in [6.45, 7) is 7.26. The number of hydrogen-bond donors (Lipinski definition) is 2. The van der Waals surface area contributed by atoms with E-state index in [0.717, 1.165) is 27.9 Å². The minimum atomic E-state index is -0.218. The highest BCUT2D eigenvalue weighted by molar-refractivity contribution is 6.03. The second-order valence-electron chi connectivity index (χ2n) is 8.41. The summed E-state index contributed by atoms with van der Waals surface area (Å²) in [5.41, 5.74) is 12.7. The van der Waals surface area contributed by atoms with E-state index in [0.29, 0.717) is 34.2 Å². The molecule has 0 bridgehead atoms. The van der Waals surface area contributed by atoms with Crippen LogP contribution in [0.1, 0.15) is 12.6 Å². The molecule has 2 aromatic carbocycles. The van der Waals surface area contributed by atoms with E-state index in [1.54, 1.807) is 11.4 Å². The second-order valence-corrected chi connectivity index (χ2v) is 8.41. The van der Waals surface area contributed by atoms with Gasteiger partial charge < -0.3 is 15.8 Å². The molecule has 0 fully saturated rings. The third-order valence-electron chi connectivity index (χ3n) is 5.67. The zero-order chi connectivity index (χ0) is 25.2. The van der Waals surface area contributed by atoms with Gasteiger partial charge in [0.25, 0.3) is 5.91 Å². The van der Waals surface area contributed by atoms with Crippen molar-refractivity contribution in [1.82, 2.24) is 19.6 Å². The average Bonchev–Trinajstić information content (AvgIpc) is 3.26. The lowest BCUT2D eigenvalue weighted by atomic mass is 9.97. The molecule has 0 saturated heterocycles. The Bertz CT molecular complexity index is 1590. The monoisotopic (exact) mass is 476 g/mol. The highest BCUT2D eigenvalue weighted by Crippen LogP contribution is 2.39. The average molecular weight is 477 g/mol. The maximum absolute atomic E-state index is 12.0. The topological polar surface area (TPSA) is 107 Å². The predicted molar refractivity (Wildman–Crippen MR) is 141 cm³/mol. The number of nitrogens with one attached hydrogen (secondary N) is 1. The van der Waals surface area contributed by atoms with Crippen molar-refractivity contribution in [2.24, 2.45) is 0 Å². The number of aryl methyl sites for hydroxylation is 1. The first-order valence-corrected chi connectivity index (χ1v) is 11.3. The van der Waals surface area contributed by atoms with Crippen LogP contribution in [0.2, 0.25) is 0 Å². The number of benzene rings is 2. The van der Waals surface area contributed by atoms with Crippen LogP contribution in [0.25, 0.3) is 27.8 Å². The first-order chi connectivity index (χ1) is 17.4. The number of carbonyl (C=O) groups is 1. The SMILES string of the molecule is C=C(C)C(=O)Nc1ccc(-c2cn3ncnc(N)c3c2-c2ccc(Oc3cccc(C)n3)cc2)cc1. The molecule has 0 radical (unpaired) electrons. The molecule has 3 N–H and O–H groups in total. The van der Waals surface area contributed by atoms with Crippen LogP contribution in [0.4, 0.5) is 11.5 Å². The number of anilines is 2. The van der Waals surface area contributed by atoms with Gasteiger partial charge in [0.05, 0.1) is 0 Å². The lowest BCUT2D eigenvalue weighted by Gasteiger charge is -2.10. The molecule has 8 heteroatoms. The fourth-order valence-corrected chi connectivity index (χ4v) is 3.90. The van der Waals surface area contributed by atoms with Gasteiger partial charge in [-0.3, -0.25) is 4.79 Å². The summed E-state index contributed by atoms with van der Waals surface area (Å²) in [6, 6.07) is 21.0. The number of aromatic nitrogens is 4. The molecule has 5 rings (SSSR count). The Morgan fingerprint density at radius 3 is 2.44 bits per heavy atom. The van der Waals surface area contributed by atoms with Gasteiger partial charge in [0, 0.05) is 40.3 Å². The van der Waals surface area contributed by atoms with E-state index >= 15 is 0 Å². The van der Waals surface area contributed by atoms with Gasteiger partial charge in [-0.2, -0.15) is 5.10 Å². The maximum atomic E-state index is 12.0. The summed E-state index contributed by atoms with van der Waals surface area (Å²) < 4.78 is 7.64. The number of carbonyl (C=O) groups excluding carboxylic acids is 1. The van der Waals surface area contributed by atoms with Crippen molar-refractivity contribution in [3.05, 3.63) is 97.1 Å². The number of nitrogens with two attached hydrogens (primary N) is 1. The Morgan fingerprint density at radius 1 is 1.03 bits per heavy atom. The van der Waals surface area contributed by atoms with Crippen molar-refractivity contribution < 1.29 is 9.53 Å². The Balaban J connectivity index is 1.53. The van der Waals surface area contributed by atoms with Gasteiger partial charge in [-0.15, -0.1) is 0 Å². The number of rotatable bonds is 6. The number of hydrogen-bond acceptors (Lipinski definition) is 6. The third-order valence-corrected chi connectivity index (χ3v) is 5.67. The Kier molecular flexibility index (Phi) is 5.92. The Hall–Kier alpha value is -4.98. The fourth-order valence-electron chi connectivity index (χ4n) is 3.90. The molecule has 178 valence electrons. The van der Waals surface area contributed by atoms with Crippen molar-refractivity contribution in [1.29, 1.82) is 0 Å². The van der Waals surface area contributed by atoms with Crippen molar-refractivity contribution in [3.63, 3.8) is 0 Å². The van der Waals surface area contributed by atoms with E-state index < -0.39 is 0 Å². The van der Waals surface area contributed by atoms with Crippen LogP contribution in [-0.2, 0) is 4.79 Å². The highest BCUT2D eigenvalue weighted by Gasteiger charge is 2.18. The van der Waals surface area contributed by atoms with E-state index in [4.69, 9.17) is 10.5 Å². The van der Waals surface area contributed by atoms with Crippen molar-refractivity contribution in [3.8, 4) is 33.9 Å². The van der Waals surface area contributed by atoms with Gasteiger partial charge in [-0.1, -0.05) is 36.9 Å². The van der Waals surface area contributed by atoms with Crippen LogP contribution in [0.3, 0.4) is 0 Å². The van der Waals surface area contributed by atoms with Gasteiger partial charge in [0.15, 0.2) is 5.82 Å². The van der Waals surface area contributed by atoms with Crippen LogP contribution in [0.5, 0.6) is 11.6 Å². The molecule has 3 heterocycles. The van der Waals surface area contributed by atoms with Gasteiger partial charge in [0.2, 0.25) is 5.88 Å². The molecule has 8 nitrogen and oxygen atoms in total. The van der Waals surface area contributed by atoms with E-state index in [1.807, 2.05) is 79.9 Å². The van der Waals surface area contributed by atoms with Crippen LogP contribution < -0.4 is 15.8 Å². The van der Waals surface area contributed by atoms with Crippen LogP contribution in [0, 0.1) is 6.92 Å². The normalized spacial score (nSPS) is 10.8. The molecule has 0 aliphatic heterocycles. The summed E-state index contributed by atoms with van der Waals surface area (Å²) in [6.07, 6.45) is 3.35. The molecule has 5 aromatic rings. The second kappa shape index (κ2) is 9.34. The zero-order valence-corrected chi connectivity index (χ0v) is 19.9. The van der Waals surface area contributed by atoms with Crippen LogP contribution >= 0.6 is 0 Å². The summed E-state index contributed by atoms with van der Waals surface area (Å²) in [5.74, 6) is 1.36. The molecule has 36 heavy (non-hydrogen) atoms. The molecule has 0 aliphatic carbocycles. The fraction of sp³-hybridized carbons (Fsp3) is 0.0714. The van der Waals surface area contributed by atoms with E-state index in [2.05, 4.69) is 27.0 Å². The molecule has 0 unspecified atom stereocenters. The van der Waals surface area contributed by atoms with Gasteiger partial charge >= 0.3 is 0 Å². The number of fused-ring (bicyclic) bond motifs is 1. The van der Waals surface area contributed by atoms with Crippen LogP contribution in [-0.4, -0.2) is 25.5 Å². The number of pyridine rings is 1. The molecule has 0 spiro atoms. The number of nitrogen functional groups attached to an aromatic ring is 1. The largest absolute Gasteiger partial charge is 0.439 e. The van der Waals surface area contributed by atoms with E-state index in [1.165, 1.54) is 6.33 Å². The third kappa shape index (κ3) is 4.52. The summed E-state index contributed by atoms with van der Waals surface area (Å²) >= 11 is 0. The Morgan fingerprint density at radius 2 is 1.75 bits per heavy atom. The first kappa shape index (κ1) is 22.8. The zero-order valence-electron chi connectivity index (χ0n) is 19.9. The van der Waals surface area contributed by atoms with E-state index in [-0.39, 0.29) is 5.91 Å². The van der Waals surface area contributed by atoms with Gasteiger partial charge in [-0.25, -0.2) is 14.5 Å². The summed E-state index contributed by atoms with van der Waals surface area (Å²) in [4.78, 5) is 20.6. The lowest BCUT2D eigenvalue weighted by Crippen LogP contribution is -2.11. The van der Waals surface area contributed by atoms with Gasteiger partial charge in [0.1, 0.15) is 17.6 Å². The molecule has 3 aromatic heterocycles. The highest BCUT2D eigenvalue weighted by atomic mass is 16.5. The smallest absolute Gasteiger partial charge is 0.250 e. The first-order valence-electron chi connectivity index (χ1n) is 11.3. The van der Waals surface area contributed by atoms with Crippen LogP contribution in [0.15, 0.2) is 91.4 Å². The van der Waals surface area contributed by atoms with Crippen molar-refractivity contribution in [2.75, 3.05) is 11.1 Å². The number of ether oxygens (including phenoxy) is 1. The maximum Gasteiger partial charge on any atom is 0.250 e. The Labute approximate surface area is 208 Å². The molecule has 0 saturated carbocycles. The van der Waals surface area contributed by atoms with Crippen molar-refractivity contribution in [2.45, 2.75) is 13.8 Å². The summed E-state index contributed by atoms with van der Waals surface area (Å²) in [5, 5.41) is 7.18. The van der Waals surface area contributed by atoms with Gasteiger partial charge in [-0.05, 0) is 55.3 Å². The quantitative estimate of drug-likeness (QED) is 0.306. The minimum Gasteiger partial charge on any atom is -0.439 e. The standard InChI is InChI=1S/C28H24N6O2/c1-17(2)28(35)33-21-11-7-19(8-12-21)23-15-34-26(27(29)30-16-31-34)25(23)20-9-13-22(14-10-20)36-24-6-4-5-18(3)32-24/h4-16H,1H2,2-3H3,(H,33,35)(H2,29,30,31). The lowest BCUT2D eigenvalue weighted by molar-refractivity contribution is -0.112. The number of nitrogens with zero attached hydrogens (tertiary/aromatic N) is 4.